The van der Waals surface area contributed by atoms with E-state index in [2.05, 4.69) is 9.97 Å². The lowest BCUT2D eigenvalue weighted by Crippen LogP contribution is -2.28. The van der Waals surface area contributed by atoms with Gasteiger partial charge in [-0.2, -0.15) is 0 Å². The van der Waals surface area contributed by atoms with Crippen molar-refractivity contribution in [3.8, 4) is 0 Å². The number of aromatic amines is 1. The topological polar surface area (TPSA) is 118 Å². The number of nitrogens with one attached hydrogen (secondary N) is 1. The number of nitro benzene ring substituents is 1. The Hall–Kier alpha value is -2.48. The van der Waals surface area contributed by atoms with Gasteiger partial charge in [-0.25, -0.2) is 4.98 Å². The second-order valence-electron chi connectivity index (χ2n) is 5.39. The molecule has 2 aromatic rings. The number of fused-ring (bicyclic) bond motifs is 1. The molecule has 110 valence electrons. The number of rotatable bonds is 2. The largest absolute Gasteiger partial charge is 0.364 e. The Kier molecular flexibility index (Phi) is 3.09. The molecule has 1 aliphatic rings. The molecule has 1 aromatic heterocycles. The molecule has 2 atom stereocenters. The van der Waals surface area contributed by atoms with Gasteiger partial charge in [-0.15, -0.1) is 0 Å². The summed E-state index contributed by atoms with van der Waals surface area (Å²) < 4.78 is 0. The van der Waals surface area contributed by atoms with Gasteiger partial charge in [-0.3, -0.25) is 14.9 Å². The first-order valence-electron chi connectivity index (χ1n) is 6.63. The highest BCUT2D eigenvalue weighted by molar-refractivity contribution is 5.87. The third-order valence-electron chi connectivity index (χ3n) is 3.94. The van der Waals surface area contributed by atoms with Crippen LogP contribution in [0.2, 0.25) is 0 Å². The van der Waals surface area contributed by atoms with Crippen LogP contribution >= 0.6 is 0 Å². The molecule has 1 aromatic carbocycles. The molecule has 0 aliphatic carbocycles. The lowest BCUT2D eigenvalue weighted by Gasteiger charge is -2.18. The van der Waals surface area contributed by atoms with Gasteiger partial charge in [0.15, 0.2) is 0 Å². The van der Waals surface area contributed by atoms with Crippen molar-refractivity contribution in [2.45, 2.75) is 13.0 Å². The molecule has 3 rings (SSSR count). The van der Waals surface area contributed by atoms with Crippen molar-refractivity contribution in [3.05, 3.63) is 38.9 Å². The van der Waals surface area contributed by atoms with Crippen LogP contribution in [0.4, 0.5) is 11.4 Å². The molecule has 1 aliphatic heterocycles. The molecule has 2 heterocycles. The van der Waals surface area contributed by atoms with Crippen LogP contribution in [0.3, 0.4) is 0 Å². The Labute approximate surface area is 119 Å². The molecule has 8 heteroatoms. The van der Waals surface area contributed by atoms with E-state index < -0.39 is 4.92 Å². The number of nitrogens with zero attached hydrogens (tertiary/aromatic N) is 3. The Balaban J connectivity index is 2.19. The molecule has 1 saturated heterocycles. The highest BCUT2D eigenvalue weighted by Gasteiger charge is 2.31. The second kappa shape index (κ2) is 4.81. The minimum Gasteiger partial charge on any atom is -0.364 e. The van der Waals surface area contributed by atoms with E-state index in [9.17, 15) is 14.9 Å². The highest BCUT2D eigenvalue weighted by atomic mass is 16.6. The van der Waals surface area contributed by atoms with Gasteiger partial charge in [0.2, 0.25) is 0 Å². The van der Waals surface area contributed by atoms with E-state index in [1.807, 2.05) is 11.8 Å². The quantitative estimate of drug-likeness (QED) is 0.618. The molecule has 8 nitrogen and oxygen atoms in total. The average Bonchev–Trinajstić information content (AvgIpc) is 2.77. The number of nitrogens with two attached hydrogens (primary N) is 1. The van der Waals surface area contributed by atoms with Gasteiger partial charge in [0.25, 0.3) is 11.2 Å². The molecular weight excluding hydrogens is 274 g/mol. The fraction of sp³-hybridized carbons (Fsp3) is 0.385. The standard InChI is InChI=1S/C13H15N5O3/c1-7-4-17(5-9(7)14)11-3-10-8(2-12(11)18(20)21)13(19)16-6-15-10/h2-3,6-7,9H,4-5,14H2,1H3,(H,15,16,19). The number of hydrogen-bond donors (Lipinski definition) is 2. The van der Waals surface area contributed by atoms with Gasteiger partial charge in [0.1, 0.15) is 5.69 Å². The van der Waals surface area contributed by atoms with Gasteiger partial charge >= 0.3 is 0 Å². The molecule has 21 heavy (non-hydrogen) atoms. The van der Waals surface area contributed by atoms with Crippen molar-refractivity contribution >= 4 is 22.3 Å². The van der Waals surface area contributed by atoms with Crippen LogP contribution < -0.4 is 16.2 Å². The first kappa shape index (κ1) is 13.5. The monoisotopic (exact) mass is 289 g/mol. The summed E-state index contributed by atoms with van der Waals surface area (Å²) in [7, 11) is 0. The van der Waals surface area contributed by atoms with Crippen molar-refractivity contribution in [2.24, 2.45) is 11.7 Å². The third-order valence-corrected chi connectivity index (χ3v) is 3.94. The maximum absolute atomic E-state index is 11.7. The van der Waals surface area contributed by atoms with E-state index in [-0.39, 0.29) is 28.6 Å². The third kappa shape index (κ3) is 2.23. The van der Waals surface area contributed by atoms with Crippen LogP contribution in [0.5, 0.6) is 0 Å². The molecule has 0 saturated carbocycles. The van der Waals surface area contributed by atoms with E-state index in [0.717, 1.165) is 0 Å². The van der Waals surface area contributed by atoms with Crippen LogP contribution in [0, 0.1) is 16.0 Å². The van der Waals surface area contributed by atoms with Gasteiger partial charge in [0, 0.05) is 25.2 Å². The molecule has 0 spiro atoms. The predicted molar refractivity (Wildman–Crippen MR) is 78.4 cm³/mol. The smallest absolute Gasteiger partial charge is 0.293 e. The Morgan fingerprint density at radius 2 is 2.24 bits per heavy atom. The summed E-state index contributed by atoms with van der Waals surface area (Å²) in [6.07, 6.45) is 1.29. The number of hydrogen-bond acceptors (Lipinski definition) is 6. The fourth-order valence-corrected chi connectivity index (χ4v) is 2.68. The van der Waals surface area contributed by atoms with Crippen LogP contribution in [-0.4, -0.2) is 34.0 Å². The van der Waals surface area contributed by atoms with Crippen LogP contribution in [0.15, 0.2) is 23.3 Å². The number of benzene rings is 1. The van der Waals surface area contributed by atoms with E-state index in [0.29, 0.717) is 24.3 Å². The maximum atomic E-state index is 11.7. The molecule has 0 radical (unpaired) electrons. The van der Waals surface area contributed by atoms with Gasteiger partial charge < -0.3 is 15.6 Å². The molecule has 0 bridgehead atoms. The summed E-state index contributed by atoms with van der Waals surface area (Å²) in [4.78, 5) is 31.0. The lowest BCUT2D eigenvalue weighted by atomic mass is 10.1. The maximum Gasteiger partial charge on any atom is 0.293 e. The van der Waals surface area contributed by atoms with Crippen LogP contribution in [0.25, 0.3) is 10.9 Å². The SMILES string of the molecule is CC1CN(c2cc3nc[nH]c(=O)c3cc2[N+](=O)[O-])CC1N. The molecular formula is C13H15N5O3. The van der Waals surface area contributed by atoms with Crippen molar-refractivity contribution < 1.29 is 4.92 Å². The zero-order valence-corrected chi connectivity index (χ0v) is 11.4. The molecule has 1 fully saturated rings. The number of anilines is 1. The minimum atomic E-state index is -0.476. The zero-order chi connectivity index (χ0) is 15.1. The normalized spacial score (nSPS) is 21.9. The summed E-state index contributed by atoms with van der Waals surface area (Å²) in [5, 5.41) is 11.5. The summed E-state index contributed by atoms with van der Waals surface area (Å²) in [6, 6.07) is 2.85. The predicted octanol–water partition coefficient (Wildman–Crippen LogP) is 0.615. The van der Waals surface area contributed by atoms with Crippen molar-refractivity contribution in [1.82, 2.24) is 9.97 Å². The van der Waals surface area contributed by atoms with Crippen molar-refractivity contribution in [2.75, 3.05) is 18.0 Å². The Morgan fingerprint density at radius 3 is 2.86 bits per heavy atom. The Morgan fingerprint density at radius 1 is 1.48 bits per heavy atom. The zero-order valence-electron chi connectivity index (χ0n) is 11.4. The number of H-pyrrole nitrogens is 1. The summed E-state index contributed by atoms with van der Waals surface area (Å²) in [5.74, 6) is 0.257. The minimum absolute atomic E-state index is 0.0209. The summed E-state index contributed by atoms with van der Waals surface area (Å²) >= 11 is 0. The van der Waals surface area contributed by atoms with E-state index in [4.69, 9.17) is 5.73 Å². The number of aromatic nitrogens is 2. The molecule has 2 unspecified atom stereocenters. The van der Waals surface area contributed by atoms with Gasteiger partial charge in [-0.05, 0) is 12.0 Å². The summed E-state index contributed by atoms with van der Waals surface area (Å²) in [6.45, 7) is 3.22. The Bertz CT molecular complexity index is 762. The average molecular weight is 289 g/mol. The number of nitro groups is 1. The molecule has 3 N–H and O–H groups in total. The van der Waals surface area contributed by atoms with E-state index in [1.165, 1.54) is 12.4 Å². The summed E-state index contributed by atoms with van der Waals surface area (Å²) in [5.41, 5.74) is 6.40. The van der Waals surface area contributed by atoms with Crippen molar-refractivity contribution in [3.63, 3.8) is 0 Å². The van der Waals surface area contributed by atoms with Crippen LogP contribution in [-0.2, 0) is 0 Å². The highest BCUT2D eigenvalue weighted by Crippen LogP contribution is 2.34. The van der Waals surface area contributed by atoms with E-state index in [1.54, 1.807) is 6.07 Å². The van der Waals surface area contributed by atoms with Gasteiger partial charge in [-0.1, -0.05) is 6.92 Å². The first-order chi connectivity index (χ1) is 9.97. The van der Waals surface area contributed by atoms with Crippen molar-refractivity contribution in [1.29, 1.82) is 0 Å². The first-order valence-corrected chi connectivity index (χ1v) is 6.63. The lowest BCUT2D eigenvalue weighted by molar-refractivity contribution is -0.384. The van der Waals surface area contributed by atoms with E-state index >= 15 is 0 Å². The van der Waals surface area contributed by atoms with Gasteiger partial charge in [0.05, 0.1) is 22.2 Å². The molecule has 0 amide bonds. The second-order valence-corrected chi connectivity index (χ2v) is 5.39. The fourth-order valence-electron chi connectivity index (χ4n) is 2.68. The van der Waals surface area contributed by atoms with Crippen LogP contribution in [0.1, 0.15) is 6.92 Å².